The van der Waals surface area contributed by atoms with Crippen LogP contribution in [-0.2, 0) is 11.3 Å². The average Bonchev–Trinajstić information content (AvgIpc) is 3.29. The van der Waals surface area contributed by atoms with E-state index in [2.05, 4.69) is 21.3 Å². The first-order valence-corrected chi connectivity index (χ1v) is 9.71. The molecule has 2 fully saturated rings. The Hall–Kier alpha value is -1.76. The van der Waals surface area contributed by atoms with Crippen LogP contribution in [0.3, 0.4) is 0 Å². The number of hydrogen-bond acceptors (Lipinski definition) is 5. The fraction of sp³-hybridized carbons (Fsp3) is 0.474. The lowest BCUT2D eigenvalue weighted by Crippen LogP contribution is -2.44. The third-order valence-electron chi connectivity index (χ3n) is 5.17. The molecule has 2 aromatic heterocycles. The number of hydrogen-bond donors (Lipinski definition) is 1. The molecule has 0 aromatic carbocycles. The Bertz CT molecular complexity index is 697. The number of pyridine rings is 1. The Kier molecular flexibility index (Phi) is 4.83. The van der Waals surface area contributed by atoms with E-state index in [4.69, 9.17) is 4.74 Å². The Morgan fingerprint density at radius 2 is 2.20 bits per heavy atom. The number of carbonyl (C=O) groups is 1. The summed E-state index contributed by atoms with van der Waals surface area (Å²) in [5.41, 5.74) is 1.06. The topological polar surface area (TPSA) is 54.5 Å². The second-order valence-electron chi connectivity index (χ2n) is 6.94. The van der Waals surface area contributed by atoms with Crippen molar-refractivity contribution in [3.05, 3.63) is 52.5 Å². The van der Waals surface area contributed by atoms with Crippen LogP contribution in [0.5, 0.6) is 0 Å². The first-order chi connectivity index (χ1) is 12.2. The summed E-state index contributed by atoms with van der Waals surface area (Å²) in [6, 6.07) is 9.95. The summed E-state index contributed by atoms with van der Waals surface area (Å²) >= 11 is 1.48. The average molecular weight is 357 g/mol. The van der Waals surface area contributed by atoms with Crippen LogP contribution >= 0.6 is 11.3 Å². The van der Waals surface area contributed by atoms with Crippen molar-refractivity contribution in [2.75, 3.05) is 19.7 Å². The molecule has 2 aliphatic rings. The quantitative estimate of drug-likeness (QED) is 0.914. The second kappa shape index (κ2) is 7.23. The van der Waals surface area contributed by atoms with Crippen LogP contribution in [0.15, 0.2) is 41.9 Å². The highest BCUT2D eigenvalue weighted by Gasteiger charge is 2.43. The molecule has 4 heterocycles. The molecule has 4 rings (SSSR count). The number of ether oxygens (including phenoxy) is 1. The summed E-state index contributed by atoms with van der Waals surface area (Å²) in [5, 5.41) is 5.06. The van der Waals surface area contributed by atoms with Crippen LogP contribution in [-0.4, -0.2) is 47.1 Å². The third kappa shape index (κ3) is 3.92. The zero-order chi connectivity index (χ0) is 17.1. The third-order valence-corrected chi connectivity index (χ3v) is 6.04. The molecule has 0 bridgehead atoms. The molecule has 2 saturated heterocycles. The highest BCUT2D eigenvalue weighted by Crippen LogP contribution is 2.36. The number of likely N-dealkylation sites (tertiary alicyclic amines) is 1. The first kappa shape index (κ1) is 16.7. The molecule has 25 heavy (non-hydrogen) atoms. The van der Waals surface area contributed by atoms with E-state index in [0.717, 1.165) is 49.5 Å². The van der Waals surface area contributed by atoms with Crippen LogP contribution in [0, 0.1) is 0 Å². The molecule has 1 amide bonds. The van der Waals surface area contributed by atoms with Crippen LogP contribution in [0.1, 0.15) is 34.6 Å². The Balaban J connectivity index is 1.28. The molecule has 1 N–H and O–H groups in total. The van der Waals surface area contributed by atoms with Gasteiger partial charge in [-0.3, -0.25) is 14.7 Å². The van der Waals surface area contributed by atoms with Gasteiger partial charge in [0.1, 0.15) is 0 Å². The molecule has 2 aromatic rings. The summed E-state index contributed by atoms with van der Waals surface area (Å²) in [6.45, 7) is 3.55. The van der Waals surface area contributed by atoms with E-state index in [1.54, 1.807) is 0 Å². The number of carbonyl (C=O) groups excluding carboxylic acids is 1. The van der Waals surface area contributed by atoms with E-state index in [9.17, 15) is 4.79 Å². The fourth-order valence-corrected chi connectivity index (χ4v) is 4.42. The number of piperidine rings is 1. The molecule has 5 nitrogen and oxygen atoms in total. The number of amides is 1. The van der Waals surface area contributed by atoms with E-state index < -0.39 is 0 Å². The number of nitrogens with zero attached hydrogens (tertiary/aromatic N) is 2. The zero-order valence-electron chi connectivity index (χ0n) is 14.2. The number of thiophene rings is 1. The molecular weight excluding hydrogens is 334 g/mol. The molecule has 6 heteroatoms. The van der Waals surface area contributed by atoms with Gasteiger partial charge in [-0.25, -0.2) is 0 Å². The van der Waals surface area contributed by atoms with Gasteiger partial charge in [0.2, 0.25) is 0 Å². The lowest BCUT2D eigenvalue weighted by Gasteiger charge is -2.38. The van der Waals surface area contributed by atoms with Gasteiger partial charge in [0.25, 0.3) is 5.91 Å². The molecule has 0 radical (unpaired) electrons. The molecule has 0 unspecified atom stereocenters. The molecule has 0 aliphatic carbocycles. The monoisotopic (exact) mass is 357 g/mol. The van der Waals surface area contributed by atoms with Crippen molar-refractivity contribution in [1.82, 2.24) is 15.2 Å². The van der Waals surface area contributed by atoms with Gasteiger partial charge in [0.05, 0.1) is 28.8 Å². The Labute approximate surface area is 152 Å². The minimum Gasteiger partial charge on any atom is -0.373 e. The normalized spacial score (nSPS) is 23.0. The predicted octanol–water partition coefficient (Wildman–Crippen LogP) is 2.70. The molecule has 1 atom stereocenters. The summed E-state index contributed by atoms with van der Waals surface area (Å²) in [7, 11) is 0. The van der Waals surface area contributed by atoms with Gasteiger partial charge in [-0.1, -0.05) is 12.1 Å². The van der Waals surface area contributed by atoms with Gasteiger partial charge in [-0.2, -0.15) is 0 Å². The fourth-order valence-electron chi connectivity index (χ4n) is 3.79. The van der Waals surface area contributed by atoms with E-state index in [1.165, 1.54) is 11.3 Å². The van der Waals surface area contributed by atoms with Gasteiger partial charge in [0, 0.05) is 25.8 Å². The van der Waals surface area contributed by atoms with Crippen molar-refractivity contribution < 1.29 is 9.53 Å². The minimum atomic E-state index is -0.0615. The van der Waals surface area contributed by atoms with Crippen molar-refractivity contribution in [1.29, 1.82) is 0 Å². The Morgan fingerprint density at radius 3 is 2.92 bits per heavy atom. The van der Waals surface area contributed by atoms with E-state index >= 15 is 0 Å². The zero-order valence-corrected chi connectivity index (χ0v) is 15.0. The second-order valence-corrected chi connectivity index (χ2v) is 7.89. The maximum atomic E-state index is 12.2. The van der Waals surface area contributed by atoms with Gasteiger partial charge >= 0.3 is 0 Å². The van der Waals surface area contributed by atoms with E-state index in [-0.39, 0.29) is 17.6 Å². The highest BCUT2D eigenvalue weighted by molar-refractivity contribution is 7.12. The van der Waals surface area contributed by atoms with Crippen LogP contribution in [0.2, 0.25) is 0 Å². The van der Waals surface area contributed by atoms with Crippen molar-refractivity contribution in [3.8, 4) is 0 Å². The van der Waals surface area contributed by atoms with Crippen molar-refractivity contribution in [3.63, 3.8) is 0 Å². The summed E-state index contributed by atoms with van der Waals surface area (Å²) in [5.74, 6) is 0.0215. The van der Waals surface area contributed by atoms with Crippen LogP contribution < -0.4 is 5.32 Å². The smallest absolute Gasteiger partial charge is 0.261 e. The lowest BCUT2D eigenvalue weighted by molar-refractivity contribution is -0.0451. The van der Waals surface area contributed by atoms with Crippen molar-refractivity contribution >= 4 is 17.2 Å². The first-order valence-electron chi connectivity index (χ1n) is 8.83. The SMILES string of the molecule is O=C(N[C@H]1COC2(CCN(Cc3ccccn3)CC2)C1)c1cccs1. The molecule has 132 valence electrons. The van der Waals surface area contributed by atoms with Crippen molar-refractivity contribution in [2.45, 2.75) is 37.5 Å². The van der Waals surface area contributed by atoms with Gasteiger partial charge < -0.3 is 10.1 Å². The van der Waals surface area contributed by atoms with Gasteiger partial charge in [0.15, 0.2) is 0 Å². The van der Waals surface area contributed by atoms with Crippen LogP contribution in [0.25, 0.3) is 0 Å². The van der Waals surface area contributed by atoms with Gasteiger partial charge in [-0.05, 0) is 42.8 Å². The van der Waals surface area contributed by atoms with Crippen LogP contribution in [0.4, 0.5) is 0 Å². The highest BCUT2D eigenvalue weighted by atomic mass is 32.1. The predicted molar refractivity (Wildman–Crippen MR) is 97.6 cm³/mol. The summed E-state index contributed by atoms with van der Waals surface area (Å²) < 4.78 is 6.16. The number of nitrogens with one attached hydrogen (secondary N) is 1. The standard InChI is InChI=1S/C19H23N3O2S/c23-18(17-5-3-11-25-17)21-16-12-19(24-14-16)6-9-22(10-7-19)13-15-4-1-2-8-20-15/h1-5,8,11,16H,6-7,9-10,12-14H2,(H,21,23)/t16-/m1/s1. The maximum Gasteiger partial charge on any atom is 0.261 e. The molecule has 1 spiro atoms. The minimum absolute atomic E-state index is 0.0215. The molecular formula is C19H23N3O2S. The molecule has 0 saturated carbocycles. The number of rotatable bonds is 4. The summed E-state index contributed by atoms with van der Waals surface area (Å²) in [6.07, 6.45) is 4.81. The van der Waals surface area contributed by atoms with E-state index in [1.807, 2.05) is 35.8 Å². The number of aromatic nitrogens is 1. The molecule has 2 aliphatic heterocycles. The lowest BCUT2D eigenvalue weighted by atomic mass is 9.87. The largest absolute Gasteiger partial charge is 0.373 e. The van der Waals surface area contributed by atoms with Gasteiger partial charge in [-0.15, -0.1) is 11.3 Å². The maximum absolute atomic E-state index is 12.2. The Morgan fingerprint density at radius 1 is 1.32 bits per heavy atom. The van der Waals surface area contributed by atoms with E-state index in [0.29, 0.717) is 6.61 Å². The van der Waals surface area contributed by atoms with Crippen molar-refractivity contribution in [2.24, 2.45) is 0 Å². The summed E-state index contributed by atoms with van der Waals surface area (Å²) in [4.78, 5) is 19.8.